The van der Waals surface area contributed by atoms with Crippen LogP contribution in [0.3, 0.4) is 0 Å². The highest BCUT2D eigenvalue weighted by Crippen LogP contribution is 2.22. The number of amides is 1. The van der Waals surface area contributed by atoms with Gasteiger partial charge in [-0.3, -0.25) is 9.69 Å². The number of likely N-dealkylation sites (tertiary alicyclic amines) is 1. The fourth-order valence-corrected chi connectivity index (χ4v) is 3.02. The molecular formula is C16H23ClN2O2. The Morgan fingerprint density at radius 1 is 1.48 bits per heavy atom. The molecule has 1 unspecified atom stereocenters. The van der Waals surface area contributed by atoms with Crippen molar-refractivity contribution < 1.29 is 9.90 Å². The first-order valence-electron chi connectivity index (χ1n) is 7.51. The summed E-state index contributed by atoms with van der Waals surface area (Å²) in [4.78, 5) is 14.4. The van der Waals surface area contributed by atoms with Gasteiger partial charge in [0.2, 0.25) is 5.91 Å². The molecule has 0 spiro atoms. The van der Waals surface area contributed by atoms with Crippen LogP contribution in [0.4, 0.5) is 5.69 Å². The van der Waals surface area contributed by atoms with Crippen LogP contribution in [0.25, 0.3) is 0 Å². The average molecular weight is 311 g/mol. The van der Waals surface area contributed by atoms with Crippen LogP contribution >= 0.6 is 11.6 Å². The van der Waals surface area contributed by atoms with Crippen molar-refractivity contribution in [1.29, 1.82) is 0 Å². The summed E-state index contributed by atoms with van der Waals surface area (Å²) in [5.74, 6) is -0.0230. The molecule has 1 aliphatic rings. The maximum atomic E-state index is 12.2. The molecule has 4 nitrogen and oxygen atoms in total. The summed E-state index contributed by atoms with van der Waals surface area (Å²) >= 11 is 5.97. The summed E-state index contributed by atoms with van der Waals surface area (Å²) in [5.41, 5.74) is 1.77. The van der Waals surface area contributed by atoms with Gasteiger partial charge in [-0.05, 0) is 50.4 Å². The lowest BCUT2D eigenvalue weighted by atomic mass is 9.99. The summed E-state index contributed by atoms with van der Waals surface area (Å²) in [7, 11) is 0. The number of hydrogen-bond acceptors (Lipinski definition) is 3. The van der Waals surface area contributed by atoms with Gasteiger partial charge in [0.15, 0.2) is 0 Å². The minimum absolute atomic E-state index is 0.0230. The van der Waals surface area contributed by atoms with Gasteiger partial charge in [-0.25, -0.2) is 0 Å². The Labute approximate surface area is 131 Å². The predicted molar refractivity (Wildman–Crippen MR) is 85.7 cm³/mol. The average Bonchev–Trinajstić information content (AvgIpc) is 2.45. The number of aryl methyl sites for hydroxylation is 1. The van der Waals surface area contributed by atoms with Gasteiger partial charge in [0.05, 0.1) is 6.54 Å². The summed E-state index contributed by atoms with van der Waals surface area (Å²) in [5, 5.41) is 12.7. The molecule has 1 atom stereocenters. The Balaban J connectivity index is 1.95. The predicted octanol–water partition coefficient (Wildman–Crippen LogP) is 2.82. The Kier molecular flexibility index (Phi) is 6.03. The first-order chi connectivity index (χ1) is 10.1. The molecule has 1 saturated heterocycles. The number of nitrogens with one attached hydrogen (secondary N) is 1. The van der Waals surface area contributed by atoms with E-state index in [9.17, 15) is 4.79 Å². The van der Waals surface area contributed by atoms with Gasteiger partial charge in [0.1, 0.15) is 0 Å². The van der Waals surface area contributed by atoms with Crippen molar-refractivity contribution in [1.82, 2.24) is 4.90 Å². The molecule has 1 aromatic carbocycles. The lowest BCUT2D eigenvalue weighted by molar-refractivity contribution is -0.118. The summed E-state index contributed by atoms with van der Waals surface area (Å²) < 4.78 is 0. The highest BCUT2D eigenvalue weighted by molar-refractivity contribution is 6.31. The van der Waals surface area contributed by atoms with Crippen LogP contribution < -0.4 is 5.32 Å². The number of carbonyl (C=O) groups is 1. The van der Waals surface area contributed by atoms with Gasteiger partial charge in [0, 0.05) is 23.4 Å². The minimum Gasteiger partial charge on any atom is -0.396 e. The molecule has 116 valence electrons. The number of benzene rings is 1. The van der Waals surface area contributed by atoms with E-state index < -0.39 is 0 Å². The van der Waals surface area contributed by atoms with Crippen LogP contribution in [0.2, 0.25) is 5.02 Å². The van der Waals surface area contributed by atoms with Gasteiger partial charge in [-0.2, -0.15) is 0 Å². The number of aliphatic hydroxyl groups excluding tert-OH is 1. The standard InChI is InChI=1S/C16H23ClN2O2/c1-12-5-6-13(17)10-15(12)18-16(21)11-19-8-3-2-4-14(19)7-9-20/h5-6,10,14,20H,2-4,7-9,11H2,1H3,(H,18,21). The molecule has 2 rings (SSSR count). The molecular weight excluding hydrogens is 288 g/mol. The maximum absolute atomic E-state index is 12.2. The van der Waals surface area contributed by atoms with Crippen molar-refractivity contribution in [2.45, 2.75) is 38.6 Å². The second kappa shape index (κ2) is 7.78. The number of rotatable bonds is 5. The van der Waals surface area contributed by atoms with Gasteiger partial charge in [0.25, 0.3) is 0 Å². The van der Waals surface area contributed by atoms with Crippen molar-refractivity contribution in [3.05, 3.63) is 28.8 Å². The number of hydrogen-bond donors (Lipinski definition) is 2. The second-order valence-electron chi connectivity index (χ2n) is 5.64. The molecule has 1 heterocycles. The van der Waals surface area contributed by atoms with Gasteiger partial charge in [-0.15, -0.1) is 0 Å². The largest absolute Gasteiger partial charge is 0.396 e. The van der Waals surface area contributed by atoms with E-state index in [1.54, 1.807) is 6.07 Å². The molecule has 21 heavy (non-hydrogen) atoms. The fourth-order valence-electron chi connectivity index (χ4n) is 2.85. The van der Waals surface area contributed by atoms with Gasteiger partial charge < -0.3 is 10.4 Å². The van der Waals surface area contributed by atoms with Crippen LogP contribution in [0.15, 0.2) is 18.2 Å². The van der Waals surface area contributed by atoms with E-state index in [1.807, 2.05) is 19.1 Å². The van der Waals surface area contributed by atoms with E-state index in [4.69, 9.17) is 16.7 Å². The highest BCUT2D eigenvalue weighted by Gasteiger charge is 2.23. The summed E-state index contributed by atoms with van der Waals surface area (Å²) in [6, 6.07) is 5.80. The SMILES string of the molecule is Cc1ccc(Cl)cc1NC(=O)CN1CCCCC1CCO. The smallest absolute Gasteiger partial charge is 0.238 e. The molecule has 5 heteroatoms. The van der Waals surface area contributed by atoms with E-state index in [2.05, 4.69) is 10.2 Å². The van der Waals surface area contributed by atoms with E-state index in [1.165, 1.54) is 6.42 Å². The second-order valence-corrected chi connectivity index (χ2v) is 6.08. The Morgan fingerprint density at radius 3 is 3.05 bits per heavy atom. The Hall–Kier alpha value is -1.10. The quantitative estimate of drug-likeness (QED) is 0.879. The molecule has 0 aliphatic carbocycles. The zero-order chi connectivity index (χ0) is 15.2. The lowest BCUT2D eigenvalue weighted by Gasteiger charge is -2.34. The van der Waals surface area contributed by atoms with Crippen LogP contribution in [0, 0.1) is 6.92 Å². The monoisotopic (exact) mass is 310 g/mol. The summed E-state index contributed by atoms with van der Waals surface area (Å²) in [6.45, 7) is 3.42. The van der Waals surface area contributed by atoms with Crippen molar-refractivity contribution in [3.8, 4) is 0 Å². The molecule has 0 saturated carbocycles. The third kappa shape index (κ3) is 4.70. The van der Waals surface area contributed by atoms with Crippen molar-refractivity contribution in [2.75, 3.05) is 25.0 Å². The van der Waals surface area contributed by atoms with Crippen molar-refractivity contribution in [3.63, 3.8) is 0 Å². The molecule has 1 amide bonds. The third-order valence-corrected chi connectivity index (χ3v) is 4.27. The van der Waals surface area contributed by atoms with Crippen LogP contribution in [0.5, 0.6) is 0 Å². The topological polar surface area (TPSA) is 52.6 Å². The molecule has 0 radical (unpaired) electrons. The zero-order valence-electron chi connectivity index (χ0n) is 12.4. The number of carbonyl (C=O) groups excluding carboxylic acids is 1. The Bertz CT molecular complexity index is 491. The van der Waals surface area contributed by atoms with E-state index in [-0.39, 0.29) is 12.5 Å². The highest BCUT2D eigenvalue weighted by atomic mass is 35.5. The molecule has 2 N–H and O–H groups in total. The van der Waals surface area contributed by atoms with E-state index in [0.717, 1.165) is 37.1 Å². The Morgan fingerprint density at radius 2 is 2.29 bits per heavy atom. The number of halogens is 1. The normalized spacial score (nSPS) is 19.5. The van der Waals surface area contributed by atoms with Crippen molar-refractivity contribution >= 4 is 23.2 Å². The maximum Gasteiger partial charge on any atom is 0.238 e. The third-order valence-electron chi connectivity index (χ3n) is 4.03. The molecule has 0 bridgehead atoms. The number of piperidine rings is 1. The van der Waals surface area contributed by atoms with Crippen molar-refractivity contribution in [2.24, 2.45) is 0 Å². The molecule has 1 aliphatic heterocycles. The number of aliphatic hydroxyl groups is 1. The first kappa shape index (κ1) is 16.3. The number of nitrogens with zero attached hydrogens (tertiary/aromatic N) is 1. The lowest BCUT2D eigenvalue weighted by Crippen LogP contribution is -2.44. The van der Waals surface area contributed by atoms with Gasteiger partial charge >= 0.3 is 0 Å². The molecule has 1 aromatic rings. The van der Waals surface area contributed by atoms with Gasteiger partial charge in [-0.1, -0.05) is 24.1 Å². The zero-order valence-corrected chi connectivity index (χ0v) is 13.2. The van der Waals surface area contributed by atoms with Crippen LogP contribution in [-0.4, -0.2) is 41.7 Å². The number of anilines is 1. The van der Waals surface area contributed by atoms with Crippen LogP contribution in [-0.2, 0) is 4.79 Å². The summed E-state index contributed by atoms with van der Waals surface area (Å²) in [6.07, 6.45) is 4.09. The fraction of sp³-hybridized carbons (Fsp3) is 0.562. The molecule has 0 aromatic heterocycles. The van der Waals surface area contributed by atoms with Crippen LogP contribution in [0.1, 0.15) is 31.2 Å². The minimum atomic E-state index is -0.0230. The molecule has 1 fully saturated rings. The van der Waals surface area contributed by atoms with E-state index >= 15 is 0 Å². The first-order valence-corrected chi connectivity index (χ1v) is 7.89. The van der Waals surface area contributed by atoms with E-state index in [0.29, 0.717) is 17.6 Å².